The maximum atomic E-state index is 11.0. The van der Waals surface area contributed by atoms with Crippen molar-refractivity contribution in [2.45, 2.75) is 67.5 Å². The van der Waals surface area contributed by atoms with Crippen LogP contribution in [0.25, 0.3) is 0 Å². The first-order chi connectivity index (χ1) is 11.9. The lowest BCUT2D eigenvalue weighted by atomic mass is 9.82. The van der Waals surface area contributed by atoms with Gasteiger partial charge in [-0.25, -0.2) is 0 Å². The monoisotopic (exact) mass is 362 g/mol. The first-order valence-electron chi connectivity index (χ1n) is 8.55. The third kappa shape index (κ3) is 2.27. The second-order valence-electron chi connectivity index (χ2n) is 7.52. The Balaban J connectivity index is 1.37. The van der Waals surface area contributed by atoms with Gasteiger partial charge in [0.15, 0.2) is 18.9 Å². The van der Waals surface area contributed by atoms with Crippen LogP contribution >= 0.6 is 0 Å². The van der Waals surface area contributed by atoms with Crippen LogP contribution in [0.5, 0.6) is 0 Å². The smallest absolute Gasteiger partial charge is 0.189 e. The fourth-order valence-electron chi connectivity index (χ4n) is 4.79. The minimum Gasteiger partial charge on any atom is -0.394 e. The first kappa shape index (κ1) is 16.8. The highest BCUT2D eigenvalue weighted by atomic mass is 16.8. The lowest BCUT2D eigenvalue weighted by molar-refractivity contribution is -0.371. The predicted octanol–water partition coefficient (Wildman–Crippen LogP) is -3.35. The molecule has 0 aromatic heterocycles. The molecule has 0 radical (unpaired) electrons. The number of fused-ring (bicyclic) bond motifs is 3. The van der Waals surface area contributed by atoms with E-state index >= 15 is 0 Å². The molecule has 0 aromatic carbocycles. The Morgan fingerprint density at radius 3 is 2.56 bits per heavy atom. The van der Waals surface area contributed by atoms with Crippen molar-refractivity contribution in [1.82, 2.24) is 0 Å². The largest absolute Gasteiger partial charge is 0.394 e. The normalized spacial score (nSPS) is 62.5. The topological polar surface area (TPSA) is 151 Å². The molecule has 0 aromatic rings. The maximum absolute atomic E-state index is 11.0. The number of hydrogen-bond donors (Lipinski definition) is 5. The van der Waals surface area contributed by atoms with Crippen LogP contribution in [0.1, 0.15) is 6.42 Å². The molecule has 6 fully saturated rings. The van der Waals surface area contributed by atoms with Gasteiger partial charge in [-0.15, -0.1) is 0 Å². The minimum atomic E-state index is -1.54. The quantitative estimate of drug-likeness (QED) is 0.322. The van der Waals surface area contributed by atoms with Crippen LogP contribution in [0.4, 0.5) is 0 Å². The standard InChI is InChI=1S/C15H22O10/c16-2-5-8(17)9(18)10(19)14(22-5)25-13-7-4-1-6(23-13)21-3-15(7,20)12-11(4)24-12/h4-14,16-20H,1-3H2/t4-,5-,6-,7-,8-,9+,10-,11+,12+,13+,14+,15-/m1/s1. The van der Waals surface area contributed by atoms with Crippen LogP contribution in [0.15, 0.2) is 0 Å². The molecule has 0 spiro atoms. The molecule has 4 bridgehead atoms. The summed E-state index contributed by atoms with van der Waals surface area (Å²) in [5, 5.41) is 50.2. The van der Waals surface area contributed by atoms with E-state index in [1.165, 1.54) is 0 Å². The van der Waals surface area contributed by atoms with Gasteiger partial charge in [-0.3, -0.25) is 0 Å². The van der Waals surface area contributed by atoms with E-state index in [0.717, 1.165) is 0 Å². The van der Waals surface area contributed by atoms with Crippen molar-refractivity contribution in [1.29, 1.82) is 0 Å². The second kappa shape index (κ2) is 5.55. The Hall–Kier alpha value is -0.400. The summed E-state index contributed by atoms with van der Waals surface area (Å²) in [5.41, 5.74) is -1.24. The summed E-state index contributed by atoms with van der Waals surface area (Å²) in [6.45, 7) is -0.468. The summed E-state index contributed by atoms with van der Waals surface area (Å²) in [6, 6.07) is 0. The molecule has 12 atom stereocenters. The van der Waals surface area contributed by atoms with E-state index in [1.54, 1.807) is 0 Å². The molecule has 142 valence electrons. The number of hydrogen-bond acceptors (Lipinski definition) is 10. The average molecular weight is 362 g/mol. The Labute approximate surface area is 142 Å². The van der Waals surface area contributed by atoms with E-state index in [-0.39, 0.29) is 24.7 Å². The Bertz CT molecular complexity index is 544. The van der Waals surface area contributed by atoms with E-state index in [1.807, 2.05) is 0 Å². The zero-order valence-electron chi connectivity index (χ0n) is 13.2. The van der Waals surface area contributed by atoms with Gasteiger partial charge in [-0.2, -0.15) is 0 Å². The van der Waals surface area contributed by atoms with Gasteiger partial charge in [-0.1, -0.05) is 0 Å². The summed E-state index contributed by atoms with van der Waals surface area (Å²) >= 11 is 0. The molecular formula is C15H22O10. The van der Waals surface area contributed by atoms with E-state index in [9.17, 15) is 25.5 Å². The maximum Gasteiger partial charge on any atom is 0.189 e. The third-order valence-corrected chi connectivity index (χ3v) is 6.14. The molecule has 5 N–H and O–H groups in total. The fourth-order valence-corrected chi connectivity index (χ4v) is 4.79. The Morgan fingerprint density at radius 1 is 1.00 bits per heavy atom. The molecule has 6 aliphatic rings. The molecule has 10 nitrogen and oxygen atoms in total. The van der Waals surface area contributed by atoms with Crippen LogP contribution in [-0.2, 0) is 23.7 Å². The van der Waals surface area contributed by atoms with Crippen molar-refractivity contribution in [3.63, 3.8) is 0 Å². The van der Waals surface area contributed by atoms with Crippen LogP contribution in [0.3, 0.4) is 0 Å². The summed E-state index contributed by atoms with van der Waals surface area (Å²) < 4.78 is 28.0. The van der Waals surface area contributed by atoms with Gasteiger partial charge in [0, 0.05) is 18.3 Å². The van der Waals surface area contributed by atoms with Crippen LogP contribution < -0.4 is 0 Å². The van der Waals surface area contributed by atoms with Crippen molar-refractivity contribution in [2.24, 2.45) is 11.8 Å². The lowest BCUT2D eigenvalue weighted by Crippen LogP contribution is -2.61. The van der Waals surface area contributed by atoms with Gasteiger partial charge in [0.1, 0.15) is 36.1 Å². The molecule has 6 rings (SSSR count). The summed E-state index contributed by atoms with van der Waals surface area (Å²) in [5.74, 6) is -0.409. The number of epoxide rings is 1. The van der Waals surface area contributed by atoms with Gasteiger partial charge in [0.25, 0.3) is 0 Å². The molecule has 1 aliphatic carbocycles. The first-order valence-corrected chi connectivity index (χ1v) is 8.55. The summed E-state index contributed by atoms with van der Waals surface area (Å²) in [4.78, 5) is 0. The number of aliphatic hydroxyl groups is 5. The number of rotatable bonds is 3. The van der Waals surface area contributed by atoms with Crippen molar-refractivity contribution in [3.8, 4) is 0 Å². The Kier molecular flexibility index (Phi) is 3.72. The molecule has 5 heterocycles. The zero-order chi connectivity index (χ0) is 17.5. The molecule has 0 unspecified atom stereocenters. The van der Waals surface area contributed by atoms with Gasteiger partial charge in [0.2, 0.25) is 0 Å². The average Bonchev–Trinajstić information content (AvgIpc) is 3.38. The van der Waals surface area contributed by atoms with Crippen LogP contribution in [-0.4, -0.2) is 99.8 Å². The molecule has 5 aliphatic heterocycles. The van der Waals surface area contributed by atoms with Crippen molar-refractivity contribution < 1.29 is 49.2 Å². The fraction of sp³-hybridized carbons (Fsp3) is 1.00. The predicted molar refractivity (Wildman–Crippen MR) is 74.7 cm³/mol. The highest BCUT2D eigenvalue weighted by molar-refractivity contribution is 5.20. The second-order valence-corrected chi connectivity index (χ2v) is 7.52. The van der Waals surface area contributed by atoms with E-state index in [0.29, 0.717) is 6.42 Å². The van der Waals surface area contributed by atoms with Crippen LogP contribution in [0, 0.1) is 11.8 Å². The summed E-state index contributed by atoms with van der Waals surface area (Å²) in [7, 11) is 0. The van der Waals surface area contributed by atoms with Gasteiger partial charge >= 0.3 is 0 Å². The van der Waals surface area contributed by atoms with E-state index < -0.39 is 61.4 Å². The minimum absolute atomic E-state index is 0.00568. The molecule has 5 saturated heterocycles. The number of ether oxygens (including phenoxy) is 5. The Morgan fingerprint density at radius 2 is 1.80 bits per heavy atom. The van der Waals surface area contributed by atoms with Gasteiger partial charge in [0.05, 0.1) is 19.3 Å². The molecule has 1 saturated carbocycles. The van der Waals surface area contributed by atoms with Crippen LogP contribution in [0.2, 0.25) is 0 Å². The lowest BCUT2D eigenvalue weighted by Gasteiger charge is -2.44. The molecule has 0 amide bonds. The van der Waals surface area contributed by atoms with Crippen molar-refractivity contribution in [3.05, 3.63) is 0 Å². The van der Waals surface area contributed by atoms with E-state index in [4.69, 9.17) is 23.7 Å². The molecule has 25 heavy (non-hydrogen) atoms. The third-order valence-electron chi connectivity index (χ3n) is 6.14. The van der Waals surface area contributed by atoms with E-state index in [2.05, 4.69) is 0 Å². The van der Waals surface area contributed by atoms with Crippen molar-refractivity contribution in [2.75, 3.05) is 13.2 Å². The zero-order valence-corrected chi connectivity index (χ0v) is 13.2. The highest BCUT2D eigenvalue weighted by Crippen LogP contribution is 2.60. The number of aliphatic hydroxyl groups excluding tert-OH is 4. The molecular weight excluding hydrogens is 340 g/mol. The van der Waals surface area contributed by atoms with Gasteiger partial charge < -0.3 is 49.2 Å². The SMILES string of the molecule is OC[C@H]1O[C@@H](O[C@@H]2O[C@@H]3C[C@H]4[C@@H]5O[C@@H]5[C@@](O)(CO3)[C@@H]24)[C@H](O)[C@@H](O)[C@@H]1O. The van der Waals surface area contributed by atoms with Crippen molar-refractivity contribution >= 4 is 0 Å². The highest BCUT2D eigenvalue weighted by Gasteiger charge is 2.75. The molecule has 10 heteroatoms. The van der Waals surface area contributed by atoms with Gasteiger partial charge in [-0.05, 0) is 0 Å². The summed E-state index contributed by atoms with van der Waals surface area (Å²) in [6.07, 6.45) is -8.17.